The van der Waals surface area contributed by atoms with Crippen LogP contribution < -0.4 is 10.1 Å². The lowest BCUT2D eigenvalue weighted by Crippen LogP contribution is -2.30. The van der Waals surface area contributed by atoms with Gasteiger partial charge in [-0.15, -0.1) is 0 Å². The first-order valence-corrected chi connectivity index (χ1v) is 8.64. The molecule has 2 aromatic carbocycles. The van der Waals surface area contributed by atoms with Gasteiger partial charge < -0.3 is 14.8 Å². The fourth-order valence-electron chi connectivity index (χ4n) is 2.74. The third kappa shape index (κ3) is 4.85. The number of rotatable bonds is 6. The smallest absolute Gasteiger partial charge is 0.338 e. The zero-order valence-corrected chi connectivity index (χ0v) is 15.9. The van der Waals surface area contributed by atoms with Gasteiger partial charge in [0.15, 0.2) is 6.10 Å². The van der Waals surface area contributed by atoms with E-state index >= 15 is 0 Å². The van der Waals surface area contributed by atoms with Crippen LogP contribution in [0.5, 0.6) is 5.75 Å². The minimum absolute atomic E-state index is 0.362. The SMILES string of the molecule is CCOc1ccc(C(=O)OC(C)C(=O)Nc2c(C)cc(C)cc2C)cc1. The Balaban J connectivity index is 2.01. The predicted octanol–water partition coefficient (Wildman–Crippen LogP) is 4.19. The molecule has 2 rings (SSSR count). The summed E-state index contributed by atoms with van der Waals surface area (Å²) in [6, 6.07) is 10.6. The Morgan fingerprint density at radius 1 is 1.04 bits per heavy atom. The molecule has 5 nitrogen and oxygen atoms in total. The van der Waals surface area contributed by atoms with Crippen molar-refractivity contribution >= 4 is 17.6 Å². The average Bonchev–Trinajstić information content (AvgIpc) is 2.58. The lowest BCUT2D eigenvalue weighted by Gasteiger charge is -2.17. The Kier molecular flexibility index (Phi) is 6.39. The maximum atomic E-state index is 12.4. The molecule has 0 aliphatic heterocycles. The molecular weight excluding hydrogens is 330 g/mol. The molecule has 0 saturated heterocycles. The van der Waals surface area contributed by atoms with Crippen molar-refractivity contribution in [3.05, 3.63) is 58.7 Å². The van der Waals surface area contributed by atoms with Crippen LogP contribution in [0.2, 0.25) is 0 Å². The first-order chi connectivity index (χ1) is 12.3. The van der Waals surface area contributed by atoms with Crippen LogP contribution in [0.15, 0.2) is 36.4 Å². The number of benzene rings is 2. The molecule has 26 heavy (non-hydrogen) atoms. The number of aryl methyl sites for hydroxylation is 3. The summed E-state index contributed by atoms with van der Waals surface area (Å²) in [5.41, 5.74) is 4.20. The highest BCUT2D eigenvalue weighted by Crippen LogP contribution is 2.22. The highest BCUT2D eigenvalue weighted by Gasteiger charge is 2.20. The van der Waals surface area contributed by atoms with Crippen LogP contribution in [-0.2, 0) is 9.53 Å². The number of esters is 1. The van der Waals surface area contributed by atoms with E-state index in [0.29, 0.717) is 17.9 Å². The second kappa shape index (κ2) is 8.52. The lowest BCUT2D eigenvalue weighted by atomic mass is 10.0. The number of hydrogen-bond acceptors (Lipinski definition) is 4. The van der Waals surface area contributed by atoms with Gasteiger partial charge in [0.1, 0.15) is 5.75 Å². The zero-order valence-electron chi connectivity index (χ0n) is 15.9. The number of carbonyl (C=O) groups is 2. The number of nitrogens with one attached hydrogen (secondary N) is 1. The van der Waals surface area contributed by atoms with Crippen LogP contribution in [0.3, 0.4) is 0 Å². The minimum atomic E-state index is -0.908. The van der Waals surface area contributed by atoms with Crippen LogP contribution in [0.1, 0.15) is 40.9 Å². The molecule has 0 heterocycles. The summed E-state index contributed by atoms with van der Waals surface area (Å²) in [4.78, 5) is 24.6. The average molecular weight is 355 g/mol. The summed E-state index contributed by atoms with van der Waals surface area (Å²) in [6.45, 7) is 9.88. The topological polar surface area (TPSA) is 64.6 Å². The van der Waals surface area contributed by atoms with Gasteiger partial charge in [-0.1, -0.05) is 17.7 Å². The van der Waals surface area contributed by atoms with E-state index in [9.17, 15) is 9.59 Å². The number of hydrogen-bond donors (Lipinski definition) is 1. The minimum Gasteiger partial charge on any atom is -0.494 e. The summed E-state index contributed by atoms with van der Waals surface area (Å²) < 4.78 is 10.6. The van der Waals surface area contributed by atoms with E-state index in [-0.39, 0.29) is 5.91 Å². The number of ether oxygens (including phenoxy) is 2. The van der Waals surface area contributed by atoms with Crippen molar-refractivity contribution in [2.45, 2.75) is 40.7 Å². The van der Waals surface area contributed by atoms with Crippen molar-refractivity contribution in [1.29, 1.82) is 0 Å². The van der Waals surface area contributed by atoms with E-state index in [1.165, 1.54) is 0 Å². The van der Waals surface area contributed by atoms with Crippen molar-refractivity contribution in [3.63, 3.8) is 0 Å². The molecule has 0 aliphatic carbocycles. The first-order valence-electron chi connectivity index (χ1n) is 8.64. The van der Waals surface area contributed by atoms with Gasteiger partial charge in [-0.2, -0.15) is 0 Å². The van der Waals surface area contributed by atoms with Gasteiger partial charge in [-0.25, -0.2) is 4.79 Å². The fourth-order valence-corrected chi connectivity index (χ4v) is 2.74. The third-order valence-corrected chi connectivity index (χ3v) is 3.98. The molecule has 0 fully saturated rings. The van der Waals surface area contributed by atoms with E-state index < -0.39 is 12.1 Å². The zero-order chi connectivity index (χ0) is 19.3. The Morgan fingerprint density at radius 2 is 1.62 bits per heavy atom. The number of carbonyl (C=O) groups excluding carboxylic acids is 2. The third-order valence-electron chi connectivity index (χ3n) is 3.98. The second-order valence-corrected chi connectivity index (χ2v) is 6.27. The highest BCUT2D eigenvalue weighted by molar-refractivity contribution is 5.98. The maximum Gasteiger partial charge on any atom is 0.338 e. The molecule has 138 valence electrons. The van der Waals surface area contributed by atoms with Crippen LogP contribution in [0.4, 0.5) is 5.69 Å². The van der Waals surface area contributed by atoms with Gasteiger partial charge >= 0.3 is 5.97 Å². The van der Waals surface area contributed by atoms with Gasteiger partial charge in [0.05, 0.1) is 12.2 Å². The van der Waals surface area contributed by atoms with Crippen LogP contribution in [0, 0.1) is 20.8 Å². The van der Waals surface area contributed by atoms with E-state index in [4.69, 9.17) is 9.47 Å². The van der Waals surface area contributed by atoms with E-state index in [2.05, 4.69) is 5.32 Å². The molecule has 1 atom stereocenters. The van der Waals surface area contributed by atoms with Gasteiger partial charge in [-0.05, 0) is 70.0 Å². The Bertz CT molecular complexity index is 773. The second-order valence-electron chi connectivity index (χ2n) is 6.27. The first kappa shape index (κ1) is 19.5. The van der Waals surface area contributed by atoms with E-state index in [1.807, 2.05) is 39.8 Å². The Hall–Kier alpha value is -2.82. The predicted molar refractivity (Wildman–Crippen MR) is 102 cm³/mol. The van der Waals surface area contributed by atoms with Crippen LogP contribution >= 0.6 is 0 Å². The lowest BCUT2D eigenvalue weighted by molar-refractivity contribution is -0.123. The molecule has 0 spiro atoms. The monoisotopic (exact) mass is 355 g/mol. The molecule has 1 unspecified atom stereocenters. The largest absolute Gasteiger partial charge is 0.494 e. The summed E-state index contributed by atoms with van der Waals surface area (Å²) in [5.74, 6) is -0.229. The van der Waals surface area contributed by atoms with Crippen molar-refractivity contribution in [1.82, 2.24) is 0 Å². The number of amides is 1. The van der Waals surface area contributed by atoms with Gasteiger partial charge in [0.25, 0.3) is 5.91 Å². The normalized spacial score (nSPS) is 11.6. The molecule has 0 bridgehead atoms. The van der Waals surface area contributed by atoms with Crippen molar-refractivity contribution < 1.29 is 19.1 Å². The van der Waals surface area contributed by atoms with Crippen LogP contribution in [-0.4, -0.2) is 24.6 Å². The number of anilines is 1. The summed E-state index contributed by atoms with van der Waals surface area (Å²) in [5, 5.41) is 2.85. The molecule has 0 aromatic heterocycles. The molecule has 2 aromatic rings. The van der Waals surface area contributed by atoms with Crippen molar-refractivity contribution in [2.24, 2.45) is 0 Å². The molecular formula is C21H25NO4. The molecule has 0 saturated carbocycles. The summed E-state index contributed by atoms with van der Waals surface area (Å²) in [7, 11) is 0. The molecule has 1 amide bonds. The molecule has 1 N–H and O–H groups in total. The highest BCUT2D eigenvalue weighted by atomic mass is 16.5. The van der Waals surface area contributed by atoms with Gasteiger partial charge in [0.2, 0.25) is 0 Å². The maximum absolute atomic E-state index is 12.4. The van der Waals surface area contributed by atoms with Crippen molar-refractivity contribution in [2.75, 3.05) is 11.9 Å². The van der Waals surface area contributed by atoms with E-state index in [1.54, 1.807) is 31.2 Å². The van der Waals surface area contributed by atoms with E-state index in [0.717, 1.165) is 22.4 Å². The standard InChI is InChI=1S/C21H25NO4/c1-6-25-18-9-7-17(8-10-18)21(24)26-16(5)20(23)22-19-14(3)11-13(2)12-15(19)4/h7-12,16H,6H2,1-5H3,(H,22,23). The molecule has 5 heteroatoms. The fraction of sp³-hybridized carbons (Fsp3) is 0.333. The van der Waals surface area contributed by atoms with Gasteiger partial charge in [0, 0.05) is 5.69 Å². The summed E-state index contributed by atoms with van der Waals surface area (Å²) in [6.07, 6.45) is -0.908. The van der Waals surface area contributed by atoms with Gasteiger partial charge in [-0.3, -0.25) is 4.79 Å². The Morgan fingerprint density at radius 3 is 2.15 bits per heavy atom. The van der Waals surface area contributed by atoms with Crippen LogP contribution in [0.25, 0.3) is 0 Å². The summed E-state index contributed by atoms with van der Waals surface area (Å²) >= 11 is 0. The molecule has 0 radical (unpaired) electrons. The Labute approximate surface area is 154 Å². The quantitative estimate of drug-likeness (QED) is 0.789. The molecule has 0 aliphatic rings. The van der Waals surface area contributed by atoms with Crippen molar-refractivity contribution in [3.8, 4) is 5.75 Å².